The van der Waals surface area contributed by atoms with Crippen LogP contribution in [0.15, 0.2) is 0 Å². The van der Waals surface area contributed by atoms with Gasteiger partial charge in [-0.3, -0.25) is 28.3 Å². The van der Waals surface area contributed by atoms with Gasteiger partial charge in [-0.2, -0.15) is 23.5 Å². The number of unbranched alkanes of at least 4 members (excludes halogenated alkanes) is 2. The van der Waals surface area contributed by atoms with Crippen LogP contribution in [-0.2, 0) is 64.1 Å². The second-order valence-corrected chi connectivity index (χ2v) is 37.9. The van der Waals surface area contributed by atoms with Crippen molar-refractivity contribution in [2.75, 3.05) is 70.6 Å². The first-order valence-electron chi connectivity index (χ1n) is 23.9. The number of hydrogen-bond acceptors (Lipinski definition) is 16. The van der Waals surface area contributed by atoms with Crippen LogP contribution >= 0.6 is 38.7 Å². The molecule has 65 heavy (non-hydrogen) atoms. The van der Waals surface area contributed by atoms with Crippen molar-refractivity contribution in [3.63, 3.8) is 0 Å². The van der Waals surface area contributed by atoms with Gasteiger partial charge >= 0.3 is 29.7 Å². The third-order valence-corrected chi connectivity index (χ3v) is 29.3. The van der Waals surface area contributed by atoms with Gasteiger partial charge in [-0.25, -0.2) is 0 Å². The van der Waals surface area contributed by atoms with Crippen molar-refractivity contribution < 1.29 is 64.1 Å². The lowest BCUT2D eigenvalue weighted by atomic mass is 9.97. The molecule has 0 saturated carbocycles. The van der Waals surface area contributed by atoms with Gasteiger partial charge in [0.15, 0.2) is 16.6 Å². The van der Waals surface area contributed by atoms with E-state index in [1.165, 1.54) is 11.8 Å². The fourth-order valence-corrected chi connectivity index (χ4v) is 29.4. The lowest BCUT2D eigenvalue weighted by Gasteiger charge is -2.39. The van der Waals surface area contributed by atoms with Gasteiger partial charge < -0.3 is 35.8 Å². The van der Waals surface area contributed by atoms with Crippen LogP contribution in [0.25, 0.3) is 0 Å². The van der Waals surface area contributed by atoms with Gasteiger partial charge in [0.05, 0.1) is 51.8 Å². The first-order chi connectivity index (χ1) is 30.3. The monoisotopic (exact) mass is 1050 g/mol. The molecule has 0 radical (unpaired) electrons. The summed E-state index contributed by atoms with van der Waals surface area (Å²) in [5, 5.41) is -0.323. The quantitative estimate of drug-likeness (QED) is 0.0244. The van der Waals surface area contributed by atoms with Crippen molar-refractivity contribution in [1.82, 2.24) is 0 Å². The maximum atomic E-state index is 13.5. The van der Waals surface area contributed by atoms with E-state index in [4.69, 9.17) is 35.8 Å². The van der Waals surface area contributed by atoms with E-state index in [-0.39, 0.29) is 97.4 Å². The molecule has 0 aromatic rings. The molecule has 0 aliphatic heterocycles. The van der Waals surface area contributed by atoms with Crippen LogP contribution in [0, 0.1) is 11.8 Å². The smallest absolute Gasteiger partial charge is 0.331 e. The summed E-state index contributed by atoms with van der Waals surface area (Å²) < 4.78 is 72.9. The highest BCUT2D eigenvalue weighted by Gasteiger charge is 2.39. The fraction of sp³-hybridized carbons (Fsp3) is 0.909. The minimum absolute atomic E-state index is 0.100. The van der Waals surface area contributed by atoms with Gasteiger partial charge in [-0.05, 0) is 112 Å². The minimum Gasteiger partial charge on any atom is -0.463 e. The Hall–Kier alpha value is 0.0106. The molecule has 0 fully saturated rings. The van der Waals surface area contributed by atoms with Gasteiger partial charge in [0, 0.05) is 60.2 Å². The number of ether oxygens (including phenoxy) is 2. The van der Waals surface area contributed by atoms with Crippen LogP contribution in [0.3, 0.4) is 0 Å². The molecule has 0 aromatic heterocycles. The minimum atomic E-state index is -3.37. The fourth-order valence-electron chi connectivity index (χ4n) is 7.65. The molecule has 0 spiro atoms. The number of Topliss-reactive ketones (excluding diaryl/α,β-unsaturated/α-hetero) is 3. The Morgan fingerprint density at radius 2 is 0.954 bits per heavy atom. The van der Waals surface area contributed by atoms with E-state index in [0.717, 1.165) is 37.8 Å². The highest BCUT2D eigenvalue weighted by molar-refractivity contribution is 8.00. The summed E-state index contributed by atoms with van der Waals surface area (Å²) >= 11 is 3.07. The van der Waals surface area contributed by atoms with Crippen LogP contribution in [0.1, 0.15) is 113 Å². The zero-order valence-electron chi connectivity index (χ0n) is 42.8. The molecular weight excluding hydrogens is 963 g/mol. The Morgan fingerprint density at radius 1 is 0.569 bits per heavy atom. The number of methoxy groups -OCH3 is 1. The molecule has 0 rings (SSSR count). The summed E-state index contributed by atoms with van der Waals surface area (Å²) in [6, 6.07) is 1.83. The predicted octanol–water partition coefficient (Wildman–Crippen LogP) is 12.0. The summed E-state index contributed by atoms with van der Waals surface area (Å²) in [5.74, 6) is 0.716. The maximum Gasteiger partial charge on any atom is 0.331 e. The molecular formula is C44H90O14P2S2Si3. The van der Waals surface area contributed by atoms with E-state index in [0.29, 0.717) is 50.2 Å². The van der Waals surface area contributed by atoms with Gasteiger partial charge in [0.2, 0.25) is 0 Å². The number of carbonyl (C=O) groups is 4. The number of esters is 1. The summed E-state index contributed by atoms with van der Waals surface area (Å²) in [6.45, 7) is 27.3. The van der Waals surface area contributed by atoms with Crippen molar-refractivity contribution in [3.05, 3.63) is 0 Å². The van der Waals surface area contributed by atoms with Gasteiger partial charge in [0.25, 0.3) is 0 Å². The SMILES string of the molecule is CCOP(=O)(CC(CC(C)C(=O)CCCC[Si](C)(C)O[Si](C)(C)O[Si](C)(C)CCCCC(=O)C(C)CC(CP(=O)(OCC)OCC)SCCC(=O)OCCOC)SCCC(C)=O)OCC. The molecule has 0 aliphatic carbocycles. The van der Waals surface area contributed by atoms with Crippen LogP contribution < -0.4 is 0 Å². The molecule has 0 N–H and O–H groups in total. The highest BCUT2D eigenvalue weighted by atomic mass is 32.2. The van der Waals surface area contributed by atoms with Crippen molar-refractivity contribution >= 4 is 87.2 Å². The van der Waals surface area contributed by atoms with Crippen molar-refractivity contribution in [3.8, 4) is 0 Å². The number of ketones is 3. The molecule has 21 heteroatoms. The maximum absolute atomic E-state index is 13.5. The van der Waals surface area contributed by atoms with Crippen LogP contribution in [-0.4, -0.2) is 130 Å². The lowest BCUT2D eigenvalue weighted by Crippen LogP contribution is -2.52. The van der Waals surface area contributed by atoms with Crippen molar-refractivity contribution in [2.24, 2.45) is 11.8 Å². The van der Waals surface area contributed by atoms with Gasteiger partial charge in [-0.15, -0.1) is 0 Å². The number of hydrogen-bond donors (Lipinski definition) is 0. The molecule has 4 unspecified atom stereocenters. The first-order valence-corrected chi connectivity index (χ1v) is 38.5. The number of carbonyl (C=O) groups excluding carboxylic acids is 4. The Bertz CT molecular complexity index is 1460. The van der Waals surface area contributed by atoms with Crippen LogP contribution in [0.5, 0.6) is 0 Å². The Kier molecular flexibility index (Phi) is 34.4. The van der Waals surface area contributed by atoms with Crippen molar-refractivity contribution in [1.29, 1.82) is 0 Å². The molecule has 0 amide bonds. The molecule has 4 atom stereocenters. The highest BCUT2D eigenvalue weighted by Crippen LogP contribution is 2.52. The molecule has 0 bridgehead atoms. The molecule has 14 nitrogen and oxygen atoms in total. The largest absolute Gasteiger partial charge is 0.463 e. The van der Waals surface area contributed by atoms with E-state index >= 15 is 0 Å². The molecule has 0 heterocycles. The lowest BCUT2D eigenvalue weighted by molar-refractivity contribution is -0.144. The van der Waals surface area contributed by atoms with Gasteiger partial charge in [0.1, 0.15) is 24.0 Å². The van der Waals surface area contributed by atoms with Crippen molar-refractivity contribution in [2.45, 2.75) is 175 Å². The average molecular weight is 1050 g/mol. The van der Waals surface area contributed by atoms with Crippen LogP contribution in [0.4, 0.5) is 0 Å². The molecule has 0 saturated heterocycles. The third kappa shape index (κ3) is 32.5. The summed E-state index contributed by atoms with van der Waals surface area (Å²) in [7, 11) is -11.8. The van der Waals surface area contributed by atoms with E-state index in [1.807, 2.05) is 13.8 Å². The summed E-state index contributed by atoms with van der Waals surface area (Å²) in [5.41, 5.74) is 0. The second-order valence-electron chi connectivity index (χ2n) is 18.4. The Morgan fingerprint density at radius 3 is 1.31 bits per heavy atom. The first kappa shape index (κ1) is 65.0. The third-order valence-electron chi connectivity index (χ3n) is 10.5. The summed E-state index contributed by atoms with van der Waals surface area (Å²) in [4.78, 5) is 50.5. The van der Waals surface area contributed by atoms with E-state index < -0.39 is 40.4 Å². The second kappa shape index (κ2) is 34.4. The number of rotatable bonds is 43. The zero-order chi connectivity index (χ0) is 49.7. The topological polar surface area (TPSA) is 176 Å². The van der Waals surface area contributed by atoms with E-state index in [2.05, 4.69) is 39.3 Å². The van der Waals surface area contributed by atoms with E-state index in [9.17, 15) is 28.3 Å². The summed E-state index contributed by atoms with van der Waals surface area (Å²) in [6.07, 6.45) is 6.26. The normalized spacial score (nSPS) is 14.8. The van der Waals surface area contributed by atoms with Crippen LogP contribution in [0.2, 0.25) is 51.4 Å². The zero-order valence-corrected chi connectivity index (χ0v) is 49.2. The number of thioether (sulfide) groups is 2. The Labute approximate surface area is 406 Å². The van der Waals surface area contributed by atoms with E-state index in [1.54, 1.807) is 53.5 Å². The predicted molar refractivity (Wildman–Crippen MR) is 276 cm³/mol. The molecule has 0 aliphatic rings. The molecule has 0 aromatic carbocycles. The van der Waals surface area contributed by atoms with Gasteiger partial charge in [-0.1, -0.05) is 26.7 Å². The standard InChI is InChI=1S/C44H90O14P2S2Si3/c1-15-53-59(49,54-16-2)35-40(61-29-25-39(7)45)33-37(5)42(46)23-19-21-31-63(9,10)57-65(13,14)58-64(11,12)32-22-20-24-43(47)38(6)34-41(36-60(50,55-17-3)56-18-4)62-30-26-44(48)52-28-27-51-8/h37-38,40-41H,15-36H2,1-14H3. The Balaban J connectivity index is 5.12. The molecule has 384 valence electrons. The average Bonchev–Trinajstić information content (AvgIpc) is 3.17.